The third-order valence-electron chi connectivity index (χ3n) is 6.00. The number of Topliss-reactive ketones (excluding diaryl/α,β-unsaturated/α-hetero) is 1. The number of carbonyl (C=O) groups excluding carboxylic acids is 4. The Morgan fingerprint density at radius 3 is 1.79 bits per heavy atom. The topological polar surface area (TPSA) is 118 Å². The summed E-state index contributed by atoms with van der Waals surface area (Å²) in [6.45, 7) is 2.92. The van der Waals surface area contributed by atoms with Crippen molar-refractivity contribution in [2.45, 2.75) is 13.8 Å². The first-order valence-electron chi connectivity index (χ1n) is 10.8. The fraction of sp³-hybridized carbons (Fsp3) is 0.120. The van der Waals surface area contributed by atoms with Crippen LogP contribution in [-0.2, 0) is 0 Å². The summed E-state index contributed by atoms with van der Waals surface area (Å²) in [5.41, 5.74) is 0.795. The Labute approximate surface area is 235 Å². The highest BCUT2D eigenvalue weighted by Gasteiger charge is 2.46. The molecule has 1 aliphatic heterocycles. The molecule has 0 saturated heterocycles. The zero-order chi connectivity index (χ0) is 28.0. The zero-order valence-corrected chi connectivity index (χ0v) is 22.6. The summed E-state index contributed by atoms with van der Waals surface area (Å²) in [4.78, 5) is 64.1. The smallest absolute Gasteiger partial charge is 0.282 e. The average molecular weight is 595 g/mol. The van der Waals surface area contributed by atoms with Crippen LogP contribution in [-0.4, -0.2) is 45.0 Å². The number of non-ortho nitro benzene ring substituents is 1. The Bertz CT molecular complexity index is 1530. The maximum atomic E-state index is 13.6. The van der Waals surface area contributed by atoms with Crippen molar-refractivity contribution >= 4 is 75.6 Å². The van der Waals surface area contributed by atoms with E-state index >= 15 is 0 Å². The molecule has 3 amide bonds. The molecule has 9 nitrogen and oxygen atoms in total. The lowest BCUT2D eigenvalue weighted by Crippen LogP contribution is -2.51. The van der Waals surface area contributed by atoms with E-state index in [9.17, 15) is 29.3 Å². The number of aryl methyl sites for hydroxylation is 2. The third kappa shape index (κ3) is 4.63. The van der Waals surface area contributed by atoms with Gasteiger partial charge in [0.2, 0.25) is 0 Å². The number of halogens is 4. The normalized spacial score (nSPS) is 12.5. The largest absolute Gasteiger partial charge is 0.292 e. The Morgan fingerprint density at radius 1 is 0.816 bits per heavy atom. The molecule has 0 aromatic heterocycles. The van der Waals surface area contributed by atoms with Crippen molar-refractivity contribution in [1.29, 1.82) is 0 Å². The number of nitro groups is 1. The highest BCUT2D eigenvalue weighted by atomic mass is 35.5. The maximum Gasteiger partial charge on any atom is 0.282 e. The van der Waals surface area contributed by atoms with Gasteiger partial charge < -0.3 is 0 Å². The van der Waals surface area contributed by atoms with E-state index in [1.807, 2.05) is 6.92 Å². The predicted molar refractivity (Wildman–Crippen MR) is 141 cm³/mol. The van der Waals surface area contributed by atoms with Gasteiger partial charge in [-0.2, -0.15) is 5.01 Å². The molecule has 0 fully saturated rings. The SMILES string of the molecule is Cc1ccc(C(=O)CN(C(=O)c2ccc([N+](=O)[O-])cc2)N2C(=O)c3c(Cl)c(Cl)c(Cl)c(Cl)c3C2=O)cc1C. The number of rotatable bonds is 6. The second-order valence-corrected chi connectivity index (χ2v) is 9.83. The molecule has 3 aromatic rings. The van der Waals surface area contributed by atoms with Gasteiger partial charge in [0.1, 0.15) is 6.54 Å². The minimum absolute atomic E-state index is 0.131. The van der Waals surface area contributed by atoms with E-state index in [2.05, 4.69) is 0 Å². The molecule has 0 saturated carbocycles. The van der Waals surface area contributed by atoms with Crippen LogP contribution in [0.2, 0.25) is 20.1 Å². The molecule has 3 aromatic carbocycles. The second kappa shape index (κ2) is 10.3. The summed E-state index contributed by atoms with van der Waals surface area (Å²) in [6.07, 6.45) is 0. The molecule has 0 N–H and O–H groups in total. The molecule has 38 heavy (non-hydrogen) atoms. The zero-order valence-electron chi connectivity index (χ0n) is 19.6. The monoisotopic (exact) mass is 593 g/mol. The van der Waals surface area contributed by atoms with E-state index in [0.717, 1.165) is 35.4 Å². The molecule has 0 spiro atoms. The highest BCUT2D eigenvalue weighted by Crippen LogP contribution is 2.45. The van der Waals surface area contributed by atoms with Gasteiger partial charge in [-0.1, -0.05) is 58.5 Å². The summed E-state index contributed by atoms with van der Waals surface area (Å²) in [5, 5.41) is 10.9. The fourth-order valence-corrected chi connectivity index (χ4v) is 4.82. The average Bonchev–Trinajstić information content (AvgIpc) is 3.15. The minimum Gasteiger partial charge on any atom is -0.292 e. The van der Waals surface area contributed by atoms with Crippen LogP contribution in [0.3, 0.4) is 0 Å². The summed E-state index contributed by atoms with van der Waals surface area (Å²) >= 11 is 24.6. The number of nitrogens with zero attached hydrogens (tertiary/aromatic N) is 3. The van der Waals surface area contributed by atoms with Crippen molar-refractivity contribution in [2.24, 2.45) is 0 Å². The summed E-state index contributed by atoms with van der Waals surface area (Å²) in [6, 6.07) is 9.31. The van der Waals surface area contributed by atoms with Crippen molar-refractivity contribution in [2.75, 3.05) is 6.54 Å². The number of carbonyl (C=O) groups is 4. The molecule has 4 rings (SSSR count). The second-order valence-electron chi connectivity index (χ2n) is 8.32. The third-order valence-corrected chi connectivity index (χ3v) is 7.80. The number of hydrogen-bond acceptors (Lipinski definition) is 6. The molecule has 0 aliphatic carbocycles. The number of ketones is 1. The van der Waals surface area contributed by atoms with Crippen molar-refractivity contribution in [1.82, 2.24) is 10.0 Å². The molecular weight excluding hydrogens is 580 g/mol. The quantitative estimate of drug-likeness (QED) is 0.0818. The van der Waals surface area contributed by atoms with Crippen LogP contribution in [0.5, 0.6) is 0 Å². The standard InChI is InChI=1S/C25H15Cl4N3O6/c1-11-3-4-14(9-12(11)2)16(33)10-30(23(34)13-5-7-15(8-6-13)32(37)38)31-24(35)17-18(25(31)36)20(27)22(29)21(28)19(17)26/h3-9H,10H2,1-2H3. The van der Waals surface area contributed by atoms with Crippen molar-refractivity contribution < 1.29 is 24.1 Å². The summed E-state index contributed by atoms with van der Waals surface area (Å²) < 4.78 is 0. The van der Waals surface area contributed by atoms with Gasteiger partial charge in [-0.25, -0.2) is 5.01 Å². The van der Waals surface area contributed by atoms with Gasteiger partial charge >= 0.3 is 0 Å². The Kier molecular flexibility index (Phi) is 7.49. The molecule has 0 radical (unpaired) electrons. The van der Waals surface area contributed by atoms with Gasteiger partial charge in [0, 0.05) is 23.3 Å². The molecule has 0 unspecified atom stereocenters. The number of benzene rings is 3. The first-order valence-corrected chi connectivity index (χ1v) is 12.3. The number of amides is 3. The van der Waals surface area contributed by atoms with Gasteiger partial charge in [0.05, 0.1) is 36.1 Å². The Morgan fingerprint density at radius 2 is 1.32 bits per heavy atom. The Hall–Kier alpha value is -3.50. The fourth-order valence-electron chi connectivity index (χ4n) is 3.81. The first kappa shape index (κ1) is 27.5. The van der Waals surface area contributed by atoms with Gasteiger partial charge in [0.25, 0.3) is 23.4 Å². The van der Waals surface area contributed by atoms with Crippen LogP contribution in [0.25, 0.3) is 0 Å². The van der Waals surface area contributed by atoms with Gasteiger partial charge in [-0.3, -0.25) is 29.3 Å². The van der Waals surface area contributed by atoms with Crippen LogP contribution in [0.1, 0.15) is 52.6 Å². The lowest BCUT2D eigenvalue weighted by atomic mass is 10.0. The van der Waals surface area contributed by atoms with Crippen LogP contribution in [0.4, 0.5) is 5.69 Å². The van der Waals surface area contributed by atoms with Crippen LogP contribution in [0, 0.1) is 24.0 Å². The molecule has 194 valence electrons. The van der Waals surface area contributed by atoms with E-state index in [0.29, 0.717) is 10.0 Å². The van der Waals surface area contributed by atoms with Gasteiger partial charge in [0.15, 0.2) is 5.78 Å². The number of nitro benzene ring substituents is 1. The van der Waals surface area contributed by atoms with Gasteiger partial charge in [-0.05, 0) is 43.2 Å². The van der Waals surface area contributed by atoms with Crippen LogP contribution < -0.4 is 0 Å². The lowest BCUT2D eigenvalue weighted by Gasteiger charge is -2.29. The minimum atomic E-state index is -1.06. The predicted octanol–water partition coefficient (Wildman–Crippen LogP) is 6.36. The molecule has 1 aliphatic rings. The van der Waals surface area contributed by atoms with Crippen molar-refractivity contribution in [3.05, 3.63) is 106 Å². The van der Waals surface area contributed by atoms with E-state index < -0.39 is 35.0 Å². The summed E-state index contributed by atoms with van der Waals surface area (Å²) in [5.74, 6) is -3.67. The Balaban J connectivity index is 1.82. The van der Waals surface area contributed by atoms with Crippen LogP contribution in [0.15, 0.2) is 42.5 Å². The van der Waals surface area contributed by atoms with E-state index in [1.165, 1.54) is 0 Å². The first-order chi connectivity index (χ1) is 17.8. The molecule has 0 bridgehead atoms. The van der Waals surface area contributed by atoms with Crippen molar-refractivity contribution in [3.63, 3.8) is 0 Å². The number of fused-ring (bicyclic) bond motifs is 1. The van der Waals surface area contributed by atoms with E-state index in [4.69, 9.17) is 46.4 Å². The molecule has 0 atom stereocenters. The van der Waals surface area contributed by atoms with Crippen LogP contribution >= 0.6 is 46.4 Å². The van der Waals surface area contributed by atoms with Gasteiger partial charge in [-0.15, -0.1) is 0 Å². The van der Waals surface area contributed by atoms with E-state index in [-0.39, 0.29) is 48.0 Å². The van der Waals surface area contributed by atoms with E-state index in [1.54, 1.807) is 25.1 Å². The molecular formula is C25H15Cl4N3O6. The molecule has 1 heterocycles. The number of imide groups is 1. The maximum absolute atomic E-state index is 13.6. The number of hydrogen-bond donors (Lipinski definition) is 0. The summed E-state index contributed by atoms with van der Waals surface area (Å²) in [7, 11) is 0. The lowest BCUT2D eigenvalue weighted by molar-refractivity contribution is -0.384. The van der Waals surface area contributed by atoms with Crippen molar-refractivity contribution in [3.8, 4) is 0 Å². The molecule has 13 heteroatoms. The highest BCUT2D eigenvalue weighted by molar-refractivity contribution is 6.55. The number of hydrazine groups is 1.